The first-order valence-electron chi connectivity index (χ1n) is 8.00. The Labute approximate surface area is 132 Å². The summed E-state index contributed by atoms with van der Waals surface area (Å²) in [5, 5.41) is 6.39. The Morgan fingerprint density at radius 3 is 2.82 bits per heavy atom. The van der Waals surface area contributed by atoms with Gasteiger partial charge in [-0.05, 0) is 62.5 Å². The summed E-state index contributed by atoms with van der Waals surface area (Å²) < 4.78 is 10.4. The second-order valence-electron chi connectivity index (χ2n) is 5.62. The molecule has 1 fully saturated rings. The summed E-state index contributed by atoms with van der Waals surface area (Å²) in [6.07, 6.45) is 3.54. The Hall–Kier alpha value is -1.59. The molecule has 122 valence electrons. The van der Waals surface area contributed by atoms with Crippen molar-refractivity contribution in [3.63, 3.8) is 0 Å². The molecule has 0 bridgehead atoms. The third-order valence-electron chi connectivity index (χ3n) is 3.91. The van der Waals surface area contributed by atoms with Crippen molar-refractivity contribution >= 4 is 5.91 Å². The van der Waals surface area contributed by atoms with Crippen LogP contribution < -0.4 is 15.4 Å². The highest BCUT2D eigenvalue weighted by Gasteiger charge is 2.13. The van der Waals surface area contributed by atoms with E-state index in [0.29, 0.717) is 24.7 Å². The molecule has 1 aliphatic rings. The quantitative estimate of drug-likeness (QED) is 0.720. The molecule has 1 aromatic rings. The highest BCUT2D eigenvalue weighted by atomic mass is 16.5. The summed E-state index contributed by atoms with van der Waals surface area (Å²) in [4.78, 5) is 12.1. The van der Waals surface area contributed by atoms with Crippen LogP contribution in [0.25, 0.3) is 0 Å². The lowest BCUT2D eigenvalue weighted by molar-refractivity contribution is 0.0950. The zero-order valence-corrected chi connectivity index (χ0v) is 13.3. The van der Waals surface area contributed by atoms with Gasteiger partial charge in [-0.25, -0.2) is 0 Å². The van der Waals surface area contributed by atoms with Gasteiger partial charge in [-0.2, -0.15) is 0 Å². The molecule has 1 saturated heterocycles. The molecule has 1 amide bonds. The Balaban J connectivity index is 1.70. The number of carbonyl (C=O) groups is 1. The van der Waals surface area contributed by atoms with Crippen molar-refractivity contribution in [2.24, 2.45) is 5.92 Å². The molecule has 1 heterocycles. The third-order valence-corrected chi connectivity index (χ3v) is 3.91. The number of carbonyl (C=O) groups excluding carboxylic acids is 1. The first-order chi connectivity index (χ1) is 10.8. The Bertz CT molecular complexity index is 442. The zero-order valence-electron chi connectivity index (χ0n) is 13.3. The molecule has 1 unspecified atom stereocenters. The third kappa shape index (κ3) is 5.66. The second kappa shape index (κ2) is 9.43. The molecule has 1 atom stereocenters. The van der Waals surface area contributed by atoms with E-state index in [1.165, 1.54) is 12.8 Å². The molecule has 0 aromatic heterocycles. The fourth-order valence-corrected chi connectivity index (χ4v) is 2.61. The van der Waals surface area contributed by atoms with Crippen LogP contribution in [0.2, 0.25) is 0 Å². The predicted octanol–water partition coefficient (Wildman–Crippen LogP) is 1.83. The minimum absolute atomic E-state index is 0.0211. The predicted molar refractivity (Wildman–Crippen MR) is 86.4 cm³/mol. The molecule has 1 aliphatic heterocycles. The van der Waals surface area contributed by atoms with Gasteiger partial charge in [-0.1, -0.05) is 0 Å². The van der Waals surface area contributed by atoms with Crippen molar-refractivity contribution in [1.29, 1.82) is 0 Å². The van der Waals surface area contributed by atoms with Crippen LogP contribution in [0.4, 0.5) is 0 Å². The largest absolute Gasteiger partial charge is 0.491 e. The maximum absolute atomic E-state index is 12.1. The van der Waals surface area contributed by atoms with Crippen molar-refractivity contribution in [3.05, 3.63) is 29.8 Å². The molecule has 5 nitrogen and oxygen atoms in total. The van der Waals surface area contributed by atoms with Crippen molar-refractivity contribution in [2.75, 3.05) is 40.0 Å². The van der Waals surface area contributed by atoms with Gasteiger partial charge >= 0.3 is 0 Å². The van der Waals surface area contributed by atoms with E-state index in [9.17, 15) is 4.79 Å². The SMILES string of the molecule is COCCOc1ccc(C(=O)NCCC2CCCNC2)cc1. The van der Waals surface area contributed by atoms with Crippen LogP contribution in [0.1, 0.15) is 29.6 Å². The summed E-state index contributed by atoms with van der Waals surface area (Å²) in [5.74, 6) is 1.42. The molecule has 2 N–H and O–H groups in total. The smallest absolute Gasteiger partial charge is 0.251 e. The van der Waals surface area contributed by atoms with Crippen LogP contribution in [0.5, 0.6) is 5.75 Å². The Kier molecular flexibility index (Phi) is 7.19. The van der Waals surface area contributed by atoms with Crippen LogP contribution in [-0.4, -0.2) is 45.9 Å². The lowest BCUT2D eigenvalue weighted by Crippen LogP contribution is -2.33. The van der Waals surface area contributed by atoms with Gasteiger partial charge < -0.3 is 20.1 Å². The van der Waals surface area contributed by atoms with Gasteiger partial charge in [-0.15, -0.1) is 0 Å². The molecular formula is C17H26N2O3. The van der Waals surface area contributed by atoms with E-state index in [2.05, 4.69) is 10.6 Å². The maximum Gasteiger partial charge on any atom is 0.251 e. The van der Waals surface area contributed by atoms with Gasteiger partial charge in [0, 0.05) is 19.2 Å². The molecule has 0 aliphatic carbocycles. The van der Waals surface area contributed by atoms with E-state index in [4.69, 9.17) is 9.47 Å². The topological polar surface area (TPSA) is 59.6 Å². The fraction of sp³-hybridized carbons (Fsp3) is 0.588. The van der Waals surface area contributed by atoms with Crippen molar-refractivity contribution in [1.82, 2.24) is 10.6 Å². The summed E-state index contributed by atoms with van der Waals surface area (Å²) in [6.45, 7) is 4.00. The van der Waals surface area contributed by atoms with Gasteiger partial charge in [-0.3, -0.25) is 4.79 Å². The van der Waals surface area contributed by atoms with Crippen LogP contribution in [0.15, 0.2) is 24.3 Å². The minimum Gasteiger partial charge on any atom is -0.491 e. The first kappa shape index (κ1) is 16.8. The maximum atomic E-state index is 12.1. The molecule has 1 aromatic carbocycles. The van der Waals surface area contributed by atoms with Gasteiger partial charge in [0.15, 0.2) is 0 Å². The lowest BCUT2D eigenvalue weighted by Gasteiger charge is -2.22. The van der Waals surface area contributed by atoms with Gasteiger partial charge in [0.25, 0.3) is 5.91 Å². The highest BCUT2D eigenvalue weighted by molar-refractivity contribution is 5.94. The Morgan fingerprint density at radius 1 is 1.32 bits per heavy atom. The second-order valence-corrected chi connectivity index (χ2v) is 5.62. The number of amides is 1. The standard InChI is InChI=1S/C17H26N2O3/c1-21-11-12-22-16-6-4-15(5-7-16)17(20)19-10-8-14-3-2-9-18-13-14/h4-7,14,18H,2-3,8-13H2,1H3,(H,19,20). The average molecular weight is 306 g/mol. The number of hydrogen-bond acceptors (Lipinski definition) is 4. The number of rotatable bonds is 8. The molecule has 2 rings (SSSR count). The number of hydrogen-bond donors (Lipinski definition) is 2. The van der Waals surface area contributed by atoms with E-state index in [0.717, 1.165) is 31.8 Å². The molecule has 0 saturated carbocycles. The zero-order chi connectivity index (χ0) is 15.6. The average Bonchev–Trinajstić information content (AvgIpc) is 2.56. The summed E-state index contributed by atoms with van der Waals surface area (Å²) >= 11 is 0. The molecule has 0 radical (unpaired) electrons. The van der Waals surface area contributed by atoms with E-state index >= 15 is 0 Å². The van der Waals surface area contributed by atoms with Crippen molar-refractivity contribution in [2.45, 2.75) is 19.3 Å². The summed E-state index contributed by atoms with van der Waals surface area (Å²) in [7, 11) is 1.64. The van der Waals surface area contributed by atoms with Crippen LogP contribution >= 0.6 is 0 Å². The number of piperidine rings is 1. The van der Waals surface area contributed by atoms with E-state index in [-0.39, 0.29) is 5.91 Å². The molecular weight excluding hydrogens is 280 g/mol. The number of ether oxygens (including phenoxy) is 2. The number of methoxy groups -OCH3 is 1. The van der Waals surface area contributed by atoms with E-state index < -0.39 is 0 Å². The van der Waals surface area contributed by atoms with Gasteiger partial charge in [0.2, 0.25) is 0 Å². The monoisotopic (exact) mass is 306 g/mol. The highest BCUT2D eigenvalue weighted by Crippen LogP contribution is 2.14. The Morgan fingerprint density at radius 2 is 2.14 bits per heavy atom. The summed E-state index contributed by atoms with van der Waals surface area (Å²) in [5.41, 5.74) is 0.667. The van der Waals surface area contributed by atoms with Crippen molar-refractivity contribution < 1.29 is 14.3 Å². The normalized spacial score (nSPS) is 18.0. The van der Waals surface area contributed by atoms with E-state index in [1.807, 2.05) is 12.1 Å². The van der Waals surface area contributed by atoms with Crippen LogP contribution in [-0.2, 0) is 4.74 Å². The molecule has 0 spiro atoms. The fourth-order valence-electron chi connectivity index (χ4n) is 2.61. The van der Waals surface area contributed by atoms with Crippen LogP contribution in [0.3, 0.4) is 0 Å². The molecule has 22 heavy (non-hydrogen) atoms. The lowest BCUT2D eigenvalue weighted by atomic mass is 9.96. The summed E-state index contributed by atoms with van der Waals surface area (Å²) in [6, 6.07) is 7.21. The van der Waals surface area contributed by atoms with Gasteiger partial charge in [0.05, 0.1) is 6.61 Å². The molecule has 5 heteroatoms. The first-order valence-corrected chi connectivity index (χ1v) is 8.00. The minimum atomic E-state index is -0.0211. The van der Waals surface area contributed by atoms with Gasteiger partial charge in [0.1, 0.15) is 12.4 Å². The van der Waals surface area contributed by atoms with Crippen molar-refractivity contribution in [3.8, 4) is 5.75 Å². The van der Waals surface area contributed by atoms with Crippen LogP contribution in [0, 0.1) is 5.92 Å². The number of nitrogens with one attached hydrogen (secondary N) is 2. The number of benzene rings is 1. The van der Waals surface area contributed by atoms with E-state index in [1.54, 1.807) is 19.2 Å².